The maximum Gasteiger partial charge on any atom is 0.249 e. The van der Waals surface area contributed by atoms with E-state index >= 15 is 0 Å². The van der Waals surface area contributed by atoms with Gasteiger partial charge in [-0.25, -0.2) is 9.97 Å². The summed E-state index contributed by atoms with van der Waals surface area (Å²) < 4.78 is 1.73. The Labute approximate surface area is 153 Å². The number of hydrogen-bond donors (Lipinski definition) is 1. The monoisotopic (exact) mass is 352 g/mol. The van der Waals surface area contributed by atoms with E-state index in [4.69, 9.17) is 0 Å². The summed E-state index contributed by atoms with van der Waals surface area (Å²) in [6.07, 6.45) is 3.45. The maximum atomic E-state index is 12.8. The number of carbonyl (C=O) groups is 1. The third-order valence-corrected chi connectivity index (χ3v) is 4.21. The minimum absolute atomic E-state index is 0.0381. The molecule has 0 saturated carbocycles. The summed E-state index contributed by atoms with van der Waals surface area (Å²) in [5, 5.41) is 8.44. The van der Waals surface area contributed by atoms with Crippen molar-refractivity contribution in [3.05, 3.63) is 47.9 Å². The molecule has 2 aromatic heterocycles. The van der Waals surface area contributed by atoms with Gasteiger partial charge in [-0.1, -0.05) is 37.3 Å². The van der Waals surface area contributed by atoms with Crippen LogP contribution in [0.25, 0.3) is 11.0 Å². The van der Waals surface area contributed by atoms with Gasteiger partial charge in [-0.2, -0.15) is 5.10 Å². The Balaban J connectivity index is 2.07. The highest BCUT2D eigenvalue weighted by Crippen LogP contribution is 2.26. The van der Waals surface area contributed by atoms with E-state index in [1.807, 2.05) is 37.4 Å². The van der Waals surface area contributed by atoms with Gasteiger partial charge in [0.1, 0.15) is 17.7 Å². The van der Waals surface area contributed by atoms with Gasteiger partial charge in [0.05, 0.1) is 11.6 Å². The van der Waals surface area contributed by atoms with Crippen molar-refractivity contribution in [1.29, 1.82) is 0 Å². The average molecular weight is 352 g/mol. The molecule has 3 aromatic rings. The van der Waals surface area contributed by atoms with E-state index < -0.39 is 6.04 Å². The highest BCUT2D eigenvalue weighted by Gasteiger charge is 2.24. The molecule has 26 heavy (non-hydrogen) atoms. The summed E-state index contributed by atoms with van der Waals surface area (Å²) in [4.78, 5) is 23.6. The van der Waals surface area contributed by atoms with Crippen LogP contribution in [0.5, 0.6) is 0 Å². The summed E-state index contributed by atoms with van der Waals surface area (Å²) in [5.74, 6) is 1.34. The topological polar surface area (TPSA) is 75.9 Å². The normalized spacial score (nSPS) is 12.2. The Morgan fingerprint density at radius 1 is 1.23 bits per heavy atom. The van der Waals surface area contributed by atoms with Crippen molar-refractivity contribution >= 4 is 22.8 Å². The summed E-state index contributed by atoms with van der Waals surface area (Å²) in [6, 6.07) is 9.13. The SMILES string of the molecule is CCCc1nc(NC(C(=O)N(C)C)c2ccccc2)c2cnn(C)c2n1. The van der Waals surface area contributed by atoms with E-state index in [9.17, 15) is 4.79 Å². The molecule has 0 saturated heterocycles. The van der Waals surface area contributed by atoms with Crippen molar-refractivity contribution in [2.45, 2.75) is 25.8 Å². The van der Waals surface area contributed by atoms with Crippen LogP contribution in [0.4, 0.5) is 5.82 Å². The number of fused-ring (bicyclic) bond motifs is 1. The molecule has 0 aliphatic rings. The van der Waals surface area contributed by atoms with Crippen molar-refractivity contribution in [3.63, 3.8) is 0 Å². The van der Waals surface area contributed by atoms with E-state index in [-0.39, 0.29) is 5.91 Å². The zero-order chi connectivity index (χ0) is 18.7. The second-order valence-electron chi connectivity index (χ2n) is 6.46. The summed E-state index contributed by atoms with van der Waals surface area (Å²) in [5.41, 5.74) is 1.65. The Morgan fingerprint density at radius 3 is 2.62 bits per heavy atom. The van der Waals surface area contributed by atoms with Gasteiger partial charge >= 0.3 is 0 Å². The molecule has 7 heteroatoms. The number of likely N-dealkylation sites (N-methyl/N-ethyl adjacent to an activating group) is 1. The van der Waals surface area contributed by atoms with Crippen LogP contribution in [0.15, 0.2) is 36.5 Å². The van der Waals surface area contributed by atoms with E-state index in [1.165, 1.54) is 0 Å². The van der Waals surface area contributed by atoms with E-state index in [1.54, 1.807) is 29.9 Å². The fraction of sp³-hybridized carbons (Fsp3) is 0.368. The predicted molar refractivity (Wildman–Crippen MR) is 102 cm³/mol. The van der Waals surface area contributed by atoms with Crippen molar-refractivity contribution in [3.8, 4) is 0 Å². The zero-order valence-electron chi connectivity index (χ0n) is 15.6. The summed E-state index contributed by atoms with van der Waals surface area (Å²) >= 11 is 0. The minimum Gasteiger partial charge on any atom is -0.354 e. The molecule has 136 valence electrons. The molecule has 3 rings (SSSR count). The van der Waals surface area contributed by atoms with Crippen LogP contribution < -0.4 is 5.32 Å². The number of benzene rings is 1. The van der Waals surface area contributed by atoms with Crippen LogP contribution in [0.1, 0.15) is 30.8 Å². The Bertz CT molecular complexity index is 903. The van der Waals surface area contributed by atoms with Crippen LogP contribution in [-0.4, -0.2) is 44.7 Å². The number of nitrogens with one attached hydrogen (secondary N) is 1. The number of aryl methyl sites for hydroxylation is 2. The van der Waals surface area contributed by atoms with Crippen LogP contribution >= 0.6 is 0 Å². The molecule has 1 unspecified atom stereocenters. The van der Waals surface area contributed by atoms with Crippen LogP contribution in [-0.2, 0) is 18.3 Å². The van der Waals surface area contributed by atoms with Crippen molar-refractivity contribution in [2.75, 3.05) is 19.4 Å². The van der Waals surface area contributed by atoms with Crippen molar-refractivity contribution in [2.24, 2.45) is 7.05 Å². The van der Waals surface area contributed by atoms with Crippen molar-refractivity contribution < 1.29 is 4.79 Å². The van der Waals surface area contributed by atoms with Crippen molar-refractivity contribution in [1.82, 2.24) is 24.6 Å². The van der Waals surface area contributed by atoms with Gasteiger partial charge in [0.2, 0.25) is 5.91 Å². The number of aromatic nitrogens is 4. The fourth-order valence-corrected chi connectivity index (χ4v) is 2.84. The highest BCUT2D eigenvalue weighted by atomic mass is 16.2. The first-order valence-corrected chi connectivity index (χ1v) is 8.72. The van der Waals surface area contributed by atoms with Gasteiger partial charge < -0.3 is 10.2 Å². The lowest BCUT2D eigenvalue weighted by Crippen LogP contribution is -2.33. The molecule has 0 radical (unpaired) electrons. The second-order valence-corrected chi connectivity index (χ2v) is 6.46. The molecule has 7 nitrogen and oxygen atoms in total. The summed E-state index contributed by atoms with van der Waals surface area (Å²) in [6.45, 7) is 2.09. The fourth-order valence-electron chi connectivity index (χ4n) is 2.84. The molecule has 1 N–H and O–H groups in total. The predicted octanol–water partition coefficient (Wildman–Crippen LogP) is 2.56. The molecule has 0 fully saturated rings. The van der Waals surface area contributed by atoms with Gasteiger partial charge in [0, 0.05) is 27.6 Å². The van der Waals surface area contributed by atoms with Crippen LogP contribution in [0, 0.1) is 0 Å². The second kappa shape index (κ2) is 7.51. The van der Waals surface area contributed by atoms with Gasteiger partial charge in [-0.15, -0.1) is 0 Å². The highest BCUT2D eigenvalue weighted by molar-refractivity contribution is 5.91. The number of carbonyl (C=O) groups excluding carboxylic acids is 1. The molecule has 2 heterocycles. The van der Waals surface area contributed by atoms with E-state index in [0.717, 1.165) is 35.3 Å². The van der Waals surface area contributed by atoms with Crippen LogP contribution in [0.3, 0.4) is 0 Å². The van der Waals surface area contributed by atoms with Crippen LogP contribution in [0.2, 0.25) is 0 Å². The third kappa shape index (κ3) is 3.51. The minimum atomic E-state index is -0.529. The lowest BCUT2D eigenvalue weighted by atomic mass is 10.1. The zero-order valence-corrected chi connectivity index (χ0v) is 15.6. The first kappa shape index (κ1) is 17.8. The molecule has 1 amide bonds. The smallest absolute Gasteiger partial charge is 0.249 e. The molecular formula is C19H24N6O. The van der Waals surface area contributed by atoms with E-state index in [2.05, 4.69) is 27.3 Å². The first-order valence-electron chi connectivity index (χ1n) is 8.72. The quantitative estimate of drug-likeness (QED) is 0.738. The molecular weight excluding hydrogens is 328 g/mol. The van der Waals surface area contributed by atoms with Gasteiger partial charge in [-0.05, 0) is 12.0 Å². The lowest BCUT2D eigenvalue weighted by Gasteiger charge is -2.23. The summed E-state index contributed by atoms with van der Waals surface area (Å²) in [7, 11) is 5.36. The number of anilines is 1. The first-order chi connectivity index (χ1) is 12.5. The van der Waals surface area contributed by atoms with Gasteiger partial charge in [0.25, 0.3) is 0 Å². The molecule has 0 aliphatic carbocycles. The third-order valence-electron chi connectivity index (χ3n) is 4.21. The Hall–Kier alpha value is -2.96. The number of rotatable bonds is 6. The largest absolute Gasteiger partial charge is 0.354 e. The Kier molecular flexibility index (Phi) is 5.16. The van der Waals surface area contributed by atoms with Gasteiger partial charge in [-0.3, -0.25) is 9.48 Å². The van der Waals surface area contributed by atoms with E-state index in [0.29, 0.717) is 5.82 Å². The molecule has 1 atom stereocenters. The molecule has 0 spiro atoms. The lowest BCUT2D eigenvalue weighted by molar-refractivity contribution is -0.129. The maximum absolute atomic E-state index is 12.8. The van der Waals surface area contributed by atoms with Gasteiger partial charge in [0.15, 0.2) is 5.65 Å². The molecule has 1 aromatic carbocycles. The average Bonchev–Trinajstić information content (AvgIpc) is 3.01. The number of nitrogens with zero attached hydrogens (tertiary/aromatic N) is 5. The standard InChI is InChI=1S/C19H24N6O/c1-5-9-15-21-17(14-12-20-25(4)18(14)22-15)23-16(19(26)24(2)3)13-10-7-6-8-11-13/h6-8,10-12,16H,5,9H2,1-4H3,(H,21,22,23). The Morgan fingerprint density at radius 2 is 1.96 bits per heavy atom. The molecule has 0 bridgehead atoms. The number of hydrogen-bond acceptors (Lipinski definition) is 5. The number of amides is 1. The molecule has 0 aliphatic heterocycles.